The first-order valence-electron chi connectivity index (χ1n) is 3.47. The van der Waals surface area contributed by atoms with Gasteiger partial charge in [0.05, 0.1) is 6.10 Å². The third-order valence-corrected chi connectivity index (χ3v) is 1.52. The SMILES string of the molecule is C=C[C@@H](OC)[C@H](O)C(C)C. The second kappa shape index (κ2) is 4.47. The van der Waals surface area contributed by atoms with Crippen LogP contribution < -0.4 is 0 Å². The first-order valence-corrected chi connectivity index (χ1v) is 3.47. The molecule has 0 unspecified atom stereocenters. The van der Waals surface area contributed by atoms with Crippen molar-refractivity contribution >= 4 is 0 Å². The summed E-state index contributed by atoms with van der Waals surface area (Å²) in [5.74, 6) is 0.211. The lowest BCUT2D eigenvalue weighted by atomic mass is 10.0. The molecule has 0 aromatic heterocycles. The molecular formula is C8H16O2. The summed E-state index contributed by atoms with van der Waals surface area (Å²) >= 11 is 0. The Balaban J connectivity index is 3.87. The molecule has 0 aliphatic carbocycles. The predicted molar refractivity (Wildman–Crippen MR) is 41.8 cm³/mol. The van der Waals surface area contributed by atoms with Crippen molar-refractivity contribution in [3.8, 4) is 0 Å². The molecule has 0 aromatic carbocycles. The van der Waals surface area contributed by atoms with Crippen LogP contribution in [-0.2, 0) is 4.74 Å². The molecular weight excluding hydrogens is 128 g/mol. The van der Waals surface area contributed by atoms with Gasteiger partial charge in [0.15, 0.2) is 0 Å². The Morgan fingerprint density at radius 2 is 2.00 bits per heavy atom. The number of hydrogen-bond acceptors (Lipinski definition) is 2. The number of methoxy groups -OCH3 is 1. The molecule has 0 saturated heterocycles. The van der Waals surface area contributed by atoms with E-state index < -0.39 is 6.10 Å². The van der Waals surface area contributed by atoms with Crippen LogP contribution in [0.15, 0.2) is 12.7 Å². The van der Waals surface area contributed by atoms with Gasteiger partial charge in [-0.15, -0.1) is 6.58 Å². The van der Waals surface area contributed by atoms with Crippen LogP contribution >= 0.6 is 0 Å². The average Bonchev–Trinajstić information content (AvgIpc) is 1.90. The summed E-state index contributed by atoms with van der Waals surface area (Å²) in [6, 6.07) is 0. The summed E-state index contributed by atoms with van der Waals surface area (Å²) in [6.07, 6.45) is 0.937. The van der Waals surface area contributed by atoms with Gasteiger partial charge in [0, 0.05) is 7.11 Å². The van der Waals surface area contributed by atoms with Crippen LogP contribution in [0, 0.1) is 5.92 Å². The topological polar surface area (TPSA) is 29.5 Å². The molecule has 0 aromatic rings. The minimum Gasteiger partial charge on any atom is -0.390 e. The fourth-order valence-electron chi connectivity index (χ4n) is 0.754. The lowest BCUT2D eigenvalue weighted by Gasteiger charge is -2.20. The Labute approximate surface area is 62.5 Å². The van der Waals surface area contributed by atoms with Crippen LogP contribution in [0.2, 0.25) is 0 Å². The largest absolute Gasteiger partial charge is 0.390 e. The highest BCUT2D eigenvalue weighted by Crippen LogP contribution is 2.09. The van der Waals surface area contributed by atoms with E-state index in [1.165, 1.54) is 0 Å². The highest BCUT2D eigenvalue weighted by atomic mass is 16.5. The fraction of sp³-hybridized carbons (Fsp3) is 0.750. The van der Waals surface area contributed by atoms with Gasteiger partial charge < -0.3 is 9.84 Å². The number of hydrogen-bond donors (Lipinski definition) is 1. The van der Waals surface area contributed by atoms with Gasteiger partial charge in [0.1, 0.15) is 6.10 Å². The number of aliphatic hydroxyl groups is 1. The zero-order valence-electron chi connectivity index (χ0n) is 6.87. The second-order valence-corrected chi connectivity index (χ2v) is 2.67. The third-order valence-electron chi connectivity index (χ3n) is 1.52. The quantitative estimate of drug-likeness (QED) is 0.601. The van der Waals surface area contributed by atoms with Crippen LogP contribution in [0.1, 0.15) is 13.8 Å². The van der Waals surface area contributed by atoms with Gasteiger partial charge in [0.2, 0.25) is 0 Å². The lowest BCUT2D eigenvalue weighted by Crippen LogP contribution is -2.30. The molecule has 1 N–H and O–H groups in total. The van der Waals surface area contributed by atoms with Gasteiger partial charge >= 0.3 is 0 Å². The second-order valence-electron chi connectivity index (χ2n) is 2.67. The molecule has 2 heteroatoms. The van der Waals surface area contributed by atoms with E-state index in [0.717, 1.165) is 0 Å². The first kappa shape index (κ1) is 9.66. The zero-order chi connectivity index (χ0) is 8.15. The molecule has 0 amide bonds. The molecule has 2 atom stereocenters. The van der Waals surface area contributed by atoms with Crippen molar-refractivity contribution in [1.29, 1.82) is 0 Å². The molecule has 60 valence electrons. The summed E-state index contributed by atoms with van der Waals surface area (Å²) in [4.78, 5) is 0. The van der Waals surface area contributed by atoms with E-state index in [1.807, 2.05) is 13.8 Å². The zero-order valence-corrected chi connectivity index (χ0v) is 6.87. The Morgan fingerprint density at radius 1 is 1.50 bits per heavy atom. The predicted octanol–water partition coefficient (Wildman–Crippen LogP) is 1.20. The van der Waals surface area contributed by atoms with Crippen molar-refractivity contribution in [2.45, 2.75) is 26.1 Å². The van der Waals surface area contributed by atoms with E-state index in [0.29, 0.717) is 0 Å². The summed E-state index contributed by atoms with van der Waals surface area (Å²) < 4.78 is 4.95. The van der Waals surface area contributed by atoms with Crippen LogP contribution in [0.25, 0.3) is 0 Å². The Kier molecular flexibility index (Phi) is 4.32. The van der Waals surface area contributed by atoms with Gasteiger partial charge in [-0.25, -0.2) is 0 Å². The van der Waals surface area contributed by atoms with Crippen LogP contribution in [-0.4, -0.2) is 24.4 Å². The molecule has 0 radical (unpaired) electrons. The number of aliphatic hydroxyl groups excluding tert-OH is 1. The van der Waals surface area contributed by atoms with Crippen molar-refractivity contribution < 1.29 is 9.84 Å². The van der Waals surface area contributed by atoms with Gasteiger partial charge in [-0.05, 0) is 5.92 Å². The maximum absolute atomic E-state index is 9.39. The Bertz CT molecular complexity index is 99.4. The molecule has 0 saturated carbocycles. The maximum atomic E-state index is 9.39. The van der Waals surface area contributed by atoms with E-state index in [9.17, 15) is 5.11 Å². The van der Waals surface area contributed by atoms with Crippen molar-refractivity contribution in [2.75, 3.05) is 7.11 Å². The van der Waals surface area contributed by atoms with E-state index in [2.05, 4.69) is 6.58 Å². The highest BCUT2D eigenvalue weighted by molar-refractivity contribution is 4.86. The summed E-state index contributed by atoms with van der Waals surface area (Å²) in [6.45, 7) is 7.44. The van der Waals surface area contributed by atoms with Crippen molar-refractivity contribution in [3.05, 3.63) is 12.7 Å². The van der Waals surface area contributed by atoms with Crippen molar-refractivity contribution in [1.82, 2.24) is 0 Å². The fourth-order valence-corrected chi connectivity index (χ4v) is 0.754. The highest BCUT2D eigenvalue weighted by Gasteiger charge is 2.17. The minimum absolute atomic E-state index is 0.211. The minimum atomic E-state index is -0.442. The monoisotopic (exact) mass is 144 g/mol. The van der Waals surface area contributed by atoms with Crippen LogP contribution in [0.4, 0.5) is 0 Å². The molecule has 0 bridgehead atoms. The summed E-state index contributed by atoms with van der Waals surface area (Å²) in [7, 11) is 1.57. The van der Waals surface area contributed by atoms with Crippen molar-refractivity contribution in [2.24, 2.45) is 5.92 Å². The summed E-state index contributed by atoms with van der Waals surface area (Å²) in [5, 5.41) is 9.39. The van der Waals surface area contributed by atoms with Gasteiger partial charge in [0.25, 0.3) is 0 Å². The molecule has 2 nitrogen and oxygen atoms in total. The number of ether oxygens (including phenoxy) is 1. The smallest absolute Gasteiger partial charge is 0.101 e. The van der Waals surface area contributed by atoms with Crippen LogP contribution in [0.5, 0.6) is 0 Å². The molecule has 0 fully saturated rings. The van der Waals surface area contributed by atoms with Gasteiger partial charge in [-0.2, -0.15) is 0 Å². The van der Waals surface area contributed by atoms with E-state index in [-0.39, 0.29) is 12.0 Å². The summed E-state index contributed by atoms with van der Waals surface area (Å²) in [5.41, 5.74) is 0. The van der Waals surface area contributed by atoms with Gasteiger partial charge in [-0.1, -0.05) is 19.9 Å². The normalized spacial score (nSPS) is 16.9. The van der Waals surface area contributed by atoms with E-state index in [4.69, 9.17) is 4.74 Å². The molecule has 0 aliphatic rings. The standard InChI is InChI=1S/C8H16O2/c1-5-7(10-4)8(9)6(2)3/h5-9H,1H2,2-4H3/t7-,8-/m1/s1. The van der Waals surface area contributed by atoms with Crippen molar-refractivity contribution in [3.63, 3.8) is 0 Å². The van der Waals surface area contributed by atoms with E-state index >= 15 is 0 Å². The molecule has 0 heterocycles. The van der Waals surface area contributed by atoms with E-state index in [1.54, 1.807) is 13.2 Å². The molecule has 0 rings (SSSR count). The molecule has 0 spiro atoms. The molecule has 10 heavy (non-hydrogen) atoms. The average molecular weight is 144 g/mol. The Hall–Kier alpha value is -0.340. The van der Waals surface area contributed by atoms with Crippen LogP contribution in [0.3, 0.4) is 0 Å². The Morgan fingerprint density at radius 3 is 2.10 bits per heavy atom. The third kappa shape index (κ3) is 2.50. The molecule has 0 aliphatic heterocycles. The lowest BCUT2D eigenvalue weighted by molar-refractivity contribution is -0.00752. The van der Waals surface area contributed by atoms with Gasteiger partial charge in [-0.3, -0.25) is 0 Å². The first-order chi connectivity index (χ1) is 4.63. The maximum Gasteiger partial charge on any atom is 0.101 e. The number of rotatable bonds is 4.